The zero-order valence-corrected chi connectivity index (χ0v) is 20.0. The van der Waals surface area contributed by atoms with Crippen molar-refractivity contribution in [1.29, 1.82) is 0 Å². The van der Waals surface area contributed by atoms with Gasteiger partial charge in [-0.15, -0.1) is 0 Å². The second-order valence-electron chi connectivity index (χ2n) is 7.52. The first kappa shape index (κ1) is 22.2. The Labute approximate surface area is 206 Å². The van der Waals surface area contributed by atoms with E-state index in [-0.39, 0.29) is 5.91 Å². The molecule has 1 aliphatic rings. The van der Waals surface area contributed by atoms with Crippen molar-refractivity contribution in [3.05, 3.63) is 95.4 Å². The van der Waals surface area contributed by atoms with Crippen molar-refractivity contribution in [3.8, 4) is 22.7 Å². The standard InChI is InChI=1S/C26H21N3O3S2/c1-2-31-21-11-6-8-18(14-21)24-19(16-29(27-24)20-9-4-3-5-10-20)15-23-25(30)28(26(33)34-23)17-22-12-7-13-32-22/h3-16H,2,17H2,1H3. The Hall–Kier alpha value is -3.62. The number of thiocarbonyl (C=S) groups is 1. The maximum absolute atomic E-state index is 13.2. The van der Waals surface area contributed by atoms with Crippen LogP contribution in [0.15, 0.2) is 88.5 Å². The Balaban J connectivity index is 1.54. The SMILES string of the molecule is CCOc1cccc(-c2nn(-c3ccccc3)cc2C=C2SC(=S)N(Cc3ccco3)C2=O)c1. The molecule has 1 amide bonds. The first-order chi connectivity index (χ1) is 16.6. The normalized spacial score (nSPS) is 14.9. The lowest BCUT2D eigenvalue weighted by Crippen LogP contribution is -2.27. The van der Waals surface area contributed by atoms with Gasteiger partial charge in [-0.05, 0) is 49.4 Å². The van der Waals surface area contributed by atoms with Crippen molar-refractivity contribution in [1.82, 2.24) is 14.7 Å². The molecule has 0 atom stereocenters. The number of aromatic nitrogens is 2. The van der Waals surface area contributed by atoms with Crippen LogP contribution in [-0.2, 0) is 11.3 Å². The average molecular weight is 488 g/mol. The summed E-state index contributed by atoms with van der Waals surface area (Å²) in [5.41, 5.74) is 3.39. The molecule has 0 N–H and O–H groups in total. The summed E-state index contributed by atoms with van der Waals surface area (Å²) >= 11 is 6.77. The van der Waals surface area contributed by atoms with Crippen molar-refractivity contribution in [2.24, 2.45) is 0 Å². The van der Waals surface area contributed by atoms with E-state index in [9.17, 15) is 4.79 Å². The van der Waals surface area contributed by atoms with E-state index in [4.69, 9.17) is 26.5 Å². The van der Waals surface area contributed by atoms with Gasteiger partial charge < -0.3 is 9.15 Å². The Bertz CT molecular complexity index is 1360. The van der Waals surface area contributed by atoms with Crippen LogP contribution in [0.2, 0.25) is 0 Å². The van der Waals surface area contributed by atoms with E-state index in [0.29, 0.717) is 28.1 Å². The zero-order chi connectivity index (χ0) is 23.5. The number of thioether (sulfide) groups is 1. The van der Waals surface area contributed by atoms with Crippen molar-refractivity contribution in [3.63, 3.8) is 0 Å². The molecule has 8 heteroatoms. The number of hydrogen-bond acceptors (Lipinski definition) is 6. The first-order valence-electron chi connectivity index (χ1n) is 10.8. The highest BCUT2D eigenvalue weighted by Crippen LogP contribution is 2.36. The van der Waals surface area contributed by atoms with Gasteiger partial charge in [0.25, 0.3) is 5.91 Å². The largest absolute Gasteiger partial charge is 0.494 e. The smallest absolute Gasteiger partial charge is 0.266 e. The molecule has 2 aromatic heterocycles. The number of nitrogens with zero attached hydrogens (tertiary/aromatic N) is 3. The molecule has 2 aromatic carbocycles. The summed E-state index contributed by atoms with van der Waals surface area (Å²) in [4.78, 5) is 15.3. The highest BCUT2D eigenvalue weighted by molar-refractivity contribution is 8.26. The number of benzene rings is 2. The first-order valence-corrected chi connectivity index (χ1v) is 12.0. The molecule has 0 spiro atoms. The quantitative estimate of drug-likeness (QED) is 0.238. The zero-order valence-electron chi connectivity index (χ0n) is 18.4. The highest BCUT2D eigenvalue weighted by Gasteiger charge is 2.33. The number of furan rings is 1. The topological polar surface area (TPSA) is 60.5 Å². The molecule has 0 bridgehead atoms. The molecule has 0 aliphatic carbocycles. The van der Waals surface area contributed by atoms with Crippen LogP contribution in [0.25, 0.3) is 23.0 Å². The fraction of sp³-hybridized carbons (Fsp3) is 0.115. The number of amides is 1. The fourth-order valence-electron chi connectivity index (χ4n) is 3.67. The van der Waals surface area contributed by atoms with Crippen molar-refractivity contribution in [2.45, 2.75) is 13.5 Å². The molecule has 1 fully saturated rings. The molecule has 4 aromatic rings. The van der Waals surface area contributed by atoms with E-state index in [2.05, 4.69) is 0 Å². The third-order valence-corrected chi connectivity index (χ3v) is 6.61. The minimum absolute atomic E-state index is 0.145. The van der Waals surface area contributed by atoms with Crippen LogP contribution in [0.1, 0.15) is 18.2 Å². The molecule has 1 saturated heterocycles. The molecule has 0 unspecified atom stereocenters. The van der Waals surface area contributed by atoms with Crippen LogP contribution in [-0.4, -0.2) is 31.5 Å². The Morgan fingerprint density at radius 2 is 1.97 bits per heavy atom. The molecular weight excluding hydrogens is 466 g/mol. The Kier molecular flexibility index (Phi) is 6.33. The predicted octanol–water partition coefficient (Wildman–Crippen LogP) is 5.93. The highest BCUT2D eigenvalue weighted by atomic mass is 32.2. The van der Waals surface area contributed by atoms with E-state index in [0.717, 1.165) is 28.3 Å². The molecule has 170 valence electrons. The minimum atomic E-state index is -0.145. The van der Waals surface area contributed by atoms with Crippen molar-refractivity contribution >= 4 is 40.3 Å². The molecular formula is C26H21N3O3S2. The number of para-hydroxylation sites is 1. The third-order valence-electron chi connectivity index (χ3n) is 5.24. The van der Waals surface area contributed by atoms with Gasteiger partial charge in [0.2, 0.25) is 0 Å². The van der Waals surface area contributed by atoms with Crippen LogP contribution >= 0.6 is 24.0 Å². The molecule has 3 heterocycles. The summed E-state index contributed by atoms with van der Waals surface area (Å²) in [5, 5.41) is 4.85. The number of hydrogen-bond donors (Lipinski definition) is 0. The summed E-state index contributed by atoms with van der Waals surface area (Å²) in [7, 11) is 0. The molecule has 1 aliphatic heterocycles. The fourth-order valence-corrected chi connectivity index (χ4v) is 4.91. The average Bonchev–Trinajstić information content (AvgIpc) is 3.58. The number of ether oxygens (including phenoxy) is 1. The summed E-state index contributed by atoms with van der Waals surface area (Å²) in [5.74, 6) is 1.31. The Morgan fingerprint density at radius 1 is 1.12 bits per heavy atom. The lowest BCUT2D eigenvalue weighted by molar-refractivity contribution is -0.122. The van der Waals surface area contributed by atoms with Gasteiger partial charge in [-0.1, -0.05) is 54.3 Å². The minimum Gasteiger partial charge on any atom is -0.494 e. The molecule has 34 heavy (non-hydrogen) atoms. The van der Waals surface area contributed by atoms with Gasteiger partial charge in [-0.3, -0.25) is 9.69 Å². The van der Waals surface area contributed by atoms with E-state index in [1.54, 1.807) is 17.2 Å². The second kappa shape index (κ2) is 9.70. The van der Waals surface area contributed by atoms with Gasteiger partial charge in [-0.2, -0.15) is 5.10 Å². The van der Waals surface area contributed by atoms with Gasteiger partial charge in [-0.25, -0.2) is 4.68 Å². The van der Waals surface area contributed by atoms with E-state index < -0.39 is 0 Å². The van der Waals surface area contributed by atoms with Gasteiger partial charge >= 0.3 is 0 Å². The monoisotopic (exact) mass is 487 g/mol. The molecule has 0 saturated carbocycles. The summed E-state index contributed by atoms with van der Waals surface area (Å²) in [6.45, 7) is 2.83. The van der Waals surface area contributed by atoms with Gasteiger partial charge in [0.1, 0.15) is 21.5 Å². The van der Waals surface area contributed by atoms with Gasteiger partial charge in [0.15, 0.2) is 0 Å². The van der Waals surface area contributed by atoms with E-state index >= 15 is 0 Å². The number of carbonyl (C=O) groups is 1. The molecule has 6 nitrogen and oxygen atoms in total. The van der Waals surface area contributed by atoms with Crippen molar-refractivity contribution in [2.75, 3.05) is 6.61 Å². The number of rotatable bonds is 7. The van der Waals surface area contributed by atoms with Gasteiger partial charge in [0.05, 0.1) is 30.0 Å². The maximum atomic E-state index is 13.2. The lowest BCUT2D eigenvalue weighted by atomic mass is 10.1. The summed E-state index contributed by atoms with van der Waals surface area (Å²) in [6.07, 6.45) is 5.37. The van der Waals surface area contributed by atoms with Crippen molar-refractivity contribution < 1.29 is 13.9 Å². The lowest BCUT2D eigenvalue weighted by Gasteiger charge is -2.11. The third kappa shape index (κ3) is 4.55. The van der Waals surface area contributed by atoms with Crippen LogP contribution in [0.5, 0.6) is 5.75 Å². The summed E-state index contributed by atoms with van der Waals surface area (Å²) in [6, 6.07) is 21.3. The molecule has 5 rings (SSSR count). The van der Waals surface area contributed by atoms with E-state index in [1.165, 1.54) is 11.8 Å². The molecule has 0 radical (unpaired) electrons. The van der Waals surface area contributed by atoms with E-state index in [1.807, 2.05) is 84.5 Å². The number of carbonyl (C=O) groups excluding carboxylic acids is 1. The van der Waals surface area contributed by atoms with Crippen LogP contribution < -0.4 is 4.74 Å². The second-order valence-corrected chi connectivity index (χ2v) is 9.20. The predicted molar refractivity (Wildman–Crippen MR) is 138 cm³/mol. The van der Waals surface area contributed by atoms with Crippen LogP contribution in [0.4, 0.5) is 0 Å². The van der Waals surface area contributed by atoms with Gasteiger partial charge in [0, 0.05) is 17.3 Å². The van der Waals surface area contributed by atoms with Crippen LogP contribution in [0, 0.1) is 0 Å². The maximum Gasteiger partial charge on any atom is 0.266 e. The summed E-state index contributed by atoms with van der Waals surface area (Å²) < 4.78 is 13.4. The van der Waals surface area contributed by atoms with Crippen LogP contribution in [0.3, 0.4) is 0 Å². The Morgan fingerprint density at radius 3 is 2.74 bits per heavy atom.